The predicted molar refractivity (Wildman–Crippen MR) is 76.3 cm³/mol. The predicted octanol–water partition coefficient (Wildman–Crippen LogP) is 2.15. The molecule has 0 aliphatic heterocycles. The van der Waals surface area contributed by atoms with Crippen LogP contribution in [-0.2, 0) is 0 Å². The van der Waals surface area contributed by atoms with Crippen LogP contribution in [-0.4, -0.2) is 16.0 Å². The maximum Gasteiger partial charge on any atom is 0.292 e. The number of nitrogens with zero attached hydrogens (tertiary/aromatic N) is 1. The molecule has 0 aliphatic rings. The lowest BCUT2D eigenvalue weighted by atomic mass is 10.2. The summed E-state index contributed by atoms with van der Waals surface area (Å²) >= 11 is 0. The van der Waals surface area contributed by atoms with Crippen molar-refractivity contribution in [2.45, 2.75) is 0 Å². The van der Waals surface area contributed by atoms with Crippen LogP contribution < -0.4 is 10.7 Å². The molecule has 0 aliphatic carbocycles. The van der Waals surface area contributed by atoms with Gasteiger partial charge >= 0.3 is 0 Å². The van der Waals surface area contributed by atoms with E-state index < -0.39 is 5.91 Å². The van der Waals surface area contributed by atoms with Crippen molar-refractivity contribution in [1.29, 1.82) is 0 Å². The number of carbonyl (C=O) groups excluding carboxylic acids is 1. The number of carbonyl (C=O) groups is 1. The topological polar surface area (TPSA) is 92.4 Å². The van der Waals surface area contributed by atoms with Crippen LogP contribution in [0, 0.1) is 0 Å². The van der Waals surface area contributed by atoms with E-state index in [0.29, 0.717) is 11.0 Å². The van der Waals surface area contributed by atoms with E-state index in [1.165, 1.54) is 18.3 Å². The molecule has 0 spiro atoms. The lowest BCUT2D eigenvalue weighted by molar-refractivity contribution is 0.0996. The number of aromatic hydroxyl groups is 1. The van der Waals surface area contributed by atoms with Crippen LogP contribution in [0.4, 0.5) is 5.82 Å². The molecule has 0 unspecified atom stereocenters. The van der Waals surface area contributed by atoms with Crippen LogP contribution in [0.3, 0.4) is 0 Å². The summed E-state index contributed by atoms with van der Waals surface area (Å²) in [5.41, 5.74) is 0.00707. The highest BCUT2D eigenvalue weighted by molar-refractivity contribution is 6.03. The number of hydrogen-bond donors (Lipinski definition) is 2. The number of fused-ring (bicyclic) bond motifs is 1. The van der Waals surface area contributed by atoms with Gasteiger partial charge in [-0.25, -0.2) is 4.98 Å². The highest BCUT2D eigenvalue weighted by atomic mass is 16.3. The highest BCUT2D eigenvalue weighted by Crippen LogP contribution is 2.19. The van der Waals surface area contributed by atoms with Crippen molar-refractivity contribution < 1.29 is 14.3 Å². The third kappa shape index (κ3) is 2.46. The van der Waals surface area contributed by atoms with Gasteiger partial charge in [-0.15, -0.1) is 0 Å². The van der Waals surface area contributed by atoms with Crippen molar-refractivity contribution >= 4 is 22.7 Å². The zero-order chi connectivity index (χ0) is 14.8. The van der Waals surface area contributed by atoms with Gasteiger partial charge in [0.2, 0.25) is 0 Å². The van der Waals surface area contributed by atoms with E-state index in [1.807, 2.05) is 0 Å². The van der Waals surface area contributed by atoms with Crippen molar-refractivity contribution in [2.24, 2.45) is 0 Å². The van der Waals surface area contributed by atoms with Gasteiger partial charge in [-0.2, -0.15) is 0 Å². The van der Waals surface area contributed by atoms with Gasteiger partial charge in [0.05, 0.1) is 5.39 Å². The minimum Gasteiger partial charge on any atom is -0.504 e. The Morgan fingerprint density at radius 3 is 2.81 bits per heavy atom. The maximum absolute atomic E-state index is 12.1. The van der Waals surface area contributed by atoms with Crippen molar-refractivity contribution in [3.05, 3.63) is 64.6 Å². The zero-order valence-electron chi connectivity index (χ0n) is 10.7. The number of nitrogens with one attached hydrogen (secondary N) is 1. The molecule has 0 atom stereocenters. The Hall–Kier alpha value is -3.15. The summed E-state index contributed by atoms with van der Waals surface area (Å²) < 4.78 is 5.40. The maximum atomic E-state index is 12.1. The SMILES string of the molecule is O=C(Nc1ncccc1O)c1cc(=O)c2ccccc2o1. The molecule has 3 aromatic rings. The fourth-order valence-corrected chi connectivity index (χ4v) is 1.88. The Kier molecular flexibility index (Phi) is 3.12. The molecule has 0 bridgehead atoms. The van der Waals surface area contributed by atoms with Crippen LogP contribution >= 0.6 is 0 Å². The van der Waals surface area contributed by atoms with Gasteiger partial charge in [-0.1, -0.05) is 12.1 Å². The third-order valence-electron chi connectivity index (χ3n) is 2.88. The molecule has 1 aromatic carbocycles. The summed E-state index contributed by atoms with van der Waals surface area (Å²) in [5, 5.41) is 12.3. The Bertz CT molecular complexity index is 886. The number of aromatic nitrogens is 1. The van der Waals surface area contributed by atoms with Gasteiger partial charge in [0.25, 0.3) is 5.91 Å². The van der Waals surface area contributed by atoms with Crippen molar-refractivity contribution in [3.8, 4) is 5.75 Å². The van der Waals surface area contributed by atoms with Crippen LogP contribution in [0.25, 0.3) is 11.0 Å². The number of amides is 1. The van der Waals surface area contributed by atoms with Crippen molar-refractivity contribution in [2.75, 3.05) is 5.32 Å². The molecule has 1 amide bonds. The number of anilines is 1. The number of benzene rings is 1. The monoisotopic (exact) mass is 282 g/mol. The standard InChI is InChI=1S/C15H10N2O4/c18-10-5-3-7-16-14(10)17-15(20)13-8-11(19)9-4-1-2-6-12(9)21-13/h1-8,18H,(H,16,17,20). The second-order valence-corrected chi connectivity index (χ2v) is 4.30. The molecular weight excluding hydrogens is 272 g/mol. The van der Waals surface area contributed by atoms with E-state index in [4.69, 9.17) is 4.42 Å². The lowest BCUT2D eigenvalue weighted by Gasteiger charge is -2.05. The van der Waals surface area contributed by atoms with Gasteiger partial charge in [-0.3, -0.25) is 9.59 Å². The molecule has 6 nitrogen and oxygen atoms in total. The van der Waals surface area contributed by atoms with Gasteiger partial charge in [-0.05, 0) is 24.3 Å². The zero-order valence-corrected chi connectivity index (χ0v) is 10.7. The first-order valence-corrected chi connectivity index (χ1v) is 6.13. The van der Waals surface area contributed by atoms with Crippen molar-refractivity contribution in [1.82, 2.24) is 4.98 Å². The van der Waals surface area contributed by atoms with E-state index in [2.05, 4.69) is 10.3 Å². The molecule has 3 rings (SSSR count). The second kappa shape index (κ2) is 5.09. The molecule has 0 saturated heterocycles. The highest BCUT2D eigenvalue weighted by Gasteiger charge is 2.14. The average molecular weight is 282 g/mol. The Morgan fingerprint density at radius 2 is 2.00 bits per heavy atom. The van der Waals surface area contributed by atoms with Crippen LogP contribution in [0.2, 0.25) is 0 Å². The largest absolute Gasteiger partial charge is 0.504 e. The Balaban J connectivity index is 1.99. The molecular formula is C15H10N2O4. The van der Waals surface area contributed by atoms with E-state index >= 15 is 0 Å². The first kappa shape index (κ1) is 12.9. The van der Waals surface area contributed by atoms with Gasteiger partial charge in [0, 0.05) is 12.3 Å². The van der Waals surface area contributed by atoms with Crippen LogP contribution in [0.1, 0.15) is 10.6 Å². The lowest BCUT2D eigenvalue weighted by Crippen LogP contribution is -2.15. The summed E-state index contributed by atoms with van der Waals surface area (Å²) in [5.74, 6) is -0.983. The fraction of sp³-hybridized carbons (Fsp3) is 0. The number of rotatable bonds is 2. The normalized spacial score (nSPS) is 10.5. The van der Waals surface area contributed by atoms with Gasteiger partial charge < -0.3 is 14.8 Å². The molecule has 6 heteroatoms. The molecule has 104 valence electrons. The molecule has 0 fully saturated rings. The Morgan fingerprint density at radius 1 is 1.19 bits per heavy atom. The number of para-hydroxylation sites is 1. The first-order valence-electron chi connectivity index (χ1n) is 6.13. The second-order valence-electron chi connectivity index (χ2n) is 4.30. The van der Waals surface area contributed by atoms with Crippen LogP contribution in [0.5, 0.6) is 5.75 Å². The summed E-state index contributed by atoms with van der Waals surface area (Å²) in [6.07, 6.45) is 1.42. The third-order valence-corrected chi connectivity index (χ3v) is 2.88. The molecule has 0 radical (unpaired) electrons. The molecule has 0 saturated carbocycles. The fourth-order valence-electron chi connectivity index (χ4n) is 1.88. The van der Waals surface area contributed by atoms with E-state index in [1.54, 1.807) is 24.3 Å². The number of pyridine rings is 1. The minimum atomic E-state index is -0.660. The van der Waals surface area contributed by atoms with E-state index in [9.17, 15) is 14.7 Å². The first-order chi connectivity index (χ1) is 10.1. The summed E-state index contributed by atoms with van der Waals surface area (Å²) in [6.45, 7) is 0. The van der Waals surface area contributed by atoms with Crippen molar-refractivity contribution in [3.63, 3.8) is 0 Å². The Labute approximate surface area is 118 Å². The van der Waals surface area contributed by atoms with E-state index in [0.717, 1.165) is 6.07 Å². The summed E-state index contributed by atoms with van der Waals surface area (Å²) in [6, 6.07) is 10.7. The van der Waals surface area contributed by atoms with Gasteiger partial charge in [0.15, 0.2) is 22.8 Å². The summed E-state index contributed by atoms with van der Waals surface area (Å²) in [4.78, 5) is 27.8. The molecule has 2 heterocycles. The van der Waals surface area contributed by atoms with Gasteiger partial charge in [0.1, 0.15) is 5.58 Å². The van der Waals surface area contributed by atoms with Crippen LogP contribution in [0.15, 0.2) is 57.9 Å². The molecule has 2 aromatic heterocycles. The quantitative estimate of drug-likeness (QED) is 0.751. The minimum absolute atomic E-state index is 0.00157. The summed E-state index contributed by atoms with van der Waals surface area (Å²) in [7, 11) is 0. The molecule has 2 N–H and O–H groups in total. The van der Waals surface area contributed by atoms with E-state index in [-0.39, 0.29) is 22.8 Å². The average Bonchev–Trinajstić information content (AvgIpc) is 2.49. The molecule has 21 heavy (non-hydrogen) atoms. The smallest absolute Gasteiger partial charge is 0.292 e. The number of hydrogen-bond acceptors (Lipinski definition) is 5.